The molecule has 0 bridgehead atoms. The van der Waals surface area contributed by atoms with Crippen molar-refractivity contribution in [3.63, 3.8) is 0 Å². The average Bonchev–Trinajstić information content (AvgIpc) is 1.89. The molecule has 0 radical (unpaired) electrons. The van der Waals surface area contributed by atoms with Gasteiger partial charge < -0.3 is 0 Å². The molecule has 0 aliphatic carbocycles. The zero-order valence-electron chi connectivity index (χ0n) is 4.69. The summed E-state index contributed by atoms with van der Waals surface area (Å²) in [4.78, 5) is 0. The maximum absolute atomic E-state index is 10.2. The largest absolute Gasteiger partial charge is 0.293 e. The van der Waals surface area contributed by atoms with E-state index in [2.05, 4.69) is 0 Å². The molecule has 0 aliphatic rings. The molecule has 11 heteroatoms. The van der Waals surface area contributed by atoms with Gasteiger partial charge in [-0.25, -0.2) is 0 Å². The molecule has 0 unspecified atom stereocenters. The summed E-state index contributed by atoms with van der Waals surface area (Å²) in [5.74, 6) is 0. The Kier molecular flexibility index (Phi) is 20.9. The first-order valence-electron chi connectivity index (χ1n) is 1.32. The van der Waals surface area contributed by atoms with Crippen LogP contribution in [0.5, 0.6) is 0 Å². The zero-order valence-corrected chi connectivity index (χ0v) is 9.29. The molecule has 66 valence electrons. The van der Waals surface area contributed by atoms with Gasteiger partial charge in [-0.2, -0.15) is 0 Å². The first kappa shape index (κ1) is 17.6. The second kappa shape index (κ2) is 13.1. The van der Waals surface area contributed by atoms with E-state index in [0.29, 0.717) is 0 Å². The standard InChI is InChI=1S/2F3NS.Zn/c2*1-4-5(2)3;. The third-order valence-electron chi connectivity index (χ3n) is 0.104. The Morgan fingerprint density at radius 1 is 0.727 bits per heavy atom. The molecule has 0 saturated carbocycles. The van der Waals surface area contributed by atoms with Gasteiger partial charge in [0, 0.05) is 28.6 Å². The molecular formula is F6N2S2Zn. The summed E-state index contributed by atoms with van der Waals surface area (Å²) in [6, 6.07) is 0. The minimum absolute atomic E-state index is 0. The molecule has 0 aromatic carbocycles. The predicted octanol–water partition coefficient (Wildman–Crippen LogP) is 2.88. The van der Waals surface area contributed by atoms with E-state index in [1.165, 1.54) is 0 Å². The van der Waals surface area contributed by atoms with Crippen LogP contribution in [0.3, 0.4) is 0 Å². The summed E-state index contributed by atoms with van der Waals surface area (Å²) < 4.78 is 63.2. The Hall–Kier alpha value is 0.503. The van der Waals surface area contributed by atoms with Crippen molar-refractivity contribution in [2.75, 3.05) is 0 Å². The molecule has 0 rings (SSSR count). The van der Waals surface area contributed by atoms with Crippen molar-refractivity contribution < 1.29 is 44.0 Å². The van der Waals surface area contributed by atoms with Crippen LogP contribution < -0.4 is 0 Å². The average molecular weight is 272 g/mol. The minimum atomic E-state index is -3.36. The van der Waals surface area contributed by atoms with Gasteiger partial charge in [-0.3, -0.25) is 0 Å². The van der Waals surface area contributed by atoms with E-state index in [0.717, 1.165) is 9.17 Å². The molecule has 0 spiro atoms. The van der Waals surface area contributed by atoms with E-state index >= 15 is 0 Å². The number of nitrogens with zero attached hydrogens (tertiary/aromatic N) is 2. The maximum atomic E-state index is 10.2. The molecule has 0 N–H and O–H groups in total. The van der Waals surface area contributed by atoms with Gasteiger partial charge in [0.05, 0.1) is 0 Å². The maximum Gasteiger partial charge on any atom is 0.293 e. The molecule has 0 aromatic heterocycles. The van der Waals surface area contributed by atoms with Crippen LogP contribution in [-0.4, -0.2) is 0 Å². The Labute approximate surface area is 76.4 Å². The quantitative estimate of drug-likeness (QED) is 0.478. The Balaban J connectivity index is -0.000000107. The van der Waals surface area contributed by atoms with E-state index in [4.69, 9.17) is 0 Å². The summed E-state index contributed by atoms with van der Waals surface area (Å²) in [6.45, 7) is 0. The summed E-state index contributed by atoms with van der Waals surface area (Å²) in [5, 5.41) is 0. The van der Waals surface area contributed by atoms with Crippen molar-refractivity contribution in [1.82, 2.24) is 0 Å². The number of halogens is 6. The fourth-order valence-corrected chi connectivity index (χ4v) is 0. The normalized spacial score (nSPS) is 8.00. The van der Waals surface area contributed by atoms with Crippen molar-refractivity contribution in [3.05, 3.63) is 0 Å². The van der Waals surface area contributed by atoms with Gasteiger partial charge in [-0.05, 0) is 0 Å². The summed E-state index contributed by atoms with van der Waals surface area (Å²) in [5.41, 5.74) is 0. The molecule has 2 nitrogen and oxygen atoms in total. The zero-order chi connectivity index (χ0) is 8.57. The van der Waals surface area contributed by atoms with Crippen LogP contribution in [0.2, 0.25) is 0 Å². The molecule has 11 heavy (non-hydrogen) atoms. The Morgan fingerprint density at radius 3 is 0.818 bits per heavy atom. The van der Waals surface area contributed by atoms with Crippen LogP contribution >= 0.6 is 0 Å². The van der Waals surface area contributed by atoms with Crippen LogP contribution in [0.25, 0.3) is 0 Å². The molecule has 0 aliphatic heterocycles. The van der Waals surface area contributed by atoms with Crippen molar-refractivity contribution in [2.24, 2.45) is 9.17 Å². The minimum Gasteiger partial charge on any atom is -0.116 e. The SMILES string of the molecule is FN=S(F)F.FN=S(F)F.[Zn]. The van der Waals surface area contributed by atoms with E-state index in [-0.39, 0.29) is 19.5 Å². The molecule has 0 atom stereocenters. The van der Waals surface area contributed by atoms with Gasteiger partial charge >= 0.3 is 0 Å². The molecule has 0 amide bonds. The second-order valence-corrected chi connectivity index (χ2v) is 1.59. The monoisotopic (exact) mass is 270 g/mol. The fourth-order valence-electron chi connectivity index (χ4n) is 0. The second-order valence-electron chi connectivity index (χ2n) is 0.531. The first-order valence-corrected chi connectivity index (χ1v) is 3.29. The molecule has 0 heterocycles. The number of hydrogen-bond donors (Lipinski definition) is 0. The predicted molar refractivity (Wildman–Crippen MR) is 26.2 cm³/mol. The molecule has 0 aromatic rings. The van der Waals surface area contributed by atoms with Crippen molar-refractivity contribution in [1.29, 1.82) is 0 Å². The summed E-state index contributed by atoms with van der Waals surface area (Å²) >= 11 is -6.73. The first-order chi connectivity index (χ1) is 4.54. The van der Waals surface area contributed by atoms with Crippen molar-refractivity contribution >= 4 is 22.9 Å². The van der Waals surface area contributed by atoms with Crippen LogP contribution in [-0.2, 0) is 42.4 Å². The number of hydrogen-bond acceptors (Lipinski definition) is 2. The van der Waals surface area contributed by atoms with Crippen molar-refractivity contribution in [2.45, 2.75) is 0 Å². The van der Waals surface area contributed by atoms with E-state index < -0.39 is 22.9 Å². The van der Waals surface area contributed by atoms with Gasteiger partial charge in [-0.1, -0.05) is 8.96 Å². The van der Waals surface area contributed by atoms with E-state index in [1.54, 1.807) is 0 Å². The summed E-state index contributed by atoms with van der Waals surface area (Å²) in [6.07, 6.45) is 0. The molecule has 0 fully saturated rings. The van der Waals surface area contributed by atoms with Gasteiger partial charge in [0.1, 0.15) is 0 Å². The van der Waals surface area contributed by atoms with Crippen LogP contribution in [0.15, 0.2) is 9.17 Å². The smallest absolute Gasteiger partial charge is 0.116 e. The van der Waals surface area contributed by atoms with Gasteiger partial charge in [0.2, 0.25) is 0 Å². The molecular weight excluding hydrogens is 272 g/mol. The van der Waals surface area contributed by atoms with Gasteiger partial charge in [0.15, 0.2) is 0 Å². The van der Waals surface area contributed by atoms with E-state index in [1.807, 2.05) is 0 Å². The van der Waals surface area contributed by atoms with E-state index in [9.17, 15) is 24.5 Å². The fraction of sp³-hybridized carbons (Fsp3) is 0. The van der Waals surface area contributed by atoms with Gasteiger partial charge in [-0.15, -0.1) is 15.5 Å². The van der Waals surface area contributed by atoms with Crippen molar-refractivity contribution in [3.8, 4) is 0 Å². The third kappa shape index (κ3) is 37.4. The number of rotatable bonds is 0. The third-order valence-corrected chi connectivity index (χ3v) is 0.313. The Morgan fingerprint density at radius 2 is 0.818 bits per heavy atom. The van der Waals surface area contributed by atoms with Crippen LogP contribution in [0, 0.1) is 0 Å². The Bertz CT molecular complexity index is 111. The molecule has 0 saturated heterocycles. The topological polar surface area (TPSA) is 24.7 Å². The summed E-state index contributed by atoms with van der Waals surface area (Å²) in [7, 11) is 0. The van der Waals surface area contributed by atoms with Crippen LogP contribution in [0.4, 0.5) is 24.5 Å². The van der Waals surface area contributed by atoms with Crippen LogP contribution in [0.1, 0.15) is 0 Å². The van der Waals surface area contributed by atoms with Gasteiger partial charge in [0.25, 0.3) is 22.9 Å².